The minimum Gasteiger partial charge on any atom is -0.493 e. The molecule has 2 amide bonds. The van der Waals surface area contributed by atoms with Crippen LogP contribution in [0.2, 0.25) is 0 Å². The van der Waals surface area contributed by atoms with Crippen molar-refractivity contribution in [3.8, 4) is 5.75 Å². The van der Waals surface area contributed by atoms with Gasteiger partial charge in [0.2, 0.25) is 0 Å². The highest BCUT2D eigenvalue weighted by atomic mass is 16.5. The summed E-state index contributed by atoms with van der Waals surface area (Å²) in [5, 5.41) is 5.68. The number of ether oxygens (including phenoxy) is 2. The summed E-state index contributed by atoms with van der Waals surface area (Å²) in [5.74, 6) is 0.174. The van der Waals surface area contributed by atoms with E-state index in [4.69, 9.17) is 9.47 Å². The van der Waals surface area contributed by atoms with Crippen LogP contribution >= 0.6 is 0 Å². The van der Waals surface area contributed by atoms with Gasteiger partial charge >= 0.3 is 0 Å². The Labute approximate surface area is 166 Å². The van der Waals surface area contributed by atoms with E-state index < -0.39 is 0 Å². The number of para-hydroxylation sites is 1. The van der Waals surface area contributed by atoms with E-state index in [2.05, 4.69) is 17.6 Å². The Morgan fingerprint density at radius 3 is 2.39 bits per heavy atom. The lowest BCUT2D eigenvalue weighted by atomic mass is 10.1. The molecule has 150 valence electrons. The van der Waals surface area contributed by atoms with Gasteiger partial charge in [-0.25, -0.2) is 0 Å². The van der Waals surface area contributed by atoms with Crippen molar-refractivity contribution >= 4 is 17.5 Å². The normalized spacial score (nSPS) is 10.4. The molecule has 0 saturated carbocycles. The highest BCUT2D eigenvalue weighted by molar-refractivity contribution is 6.06. The molecule has 0 bridgehead atoms. The molecule has 0 unspecified atom stereocenters. The number of amides is 2. The van der Waals surface area contributed by atoms with Crippen LogP contribution in [-0.2, 0) is 4.74 Å². The molecule has 0 aromatic heterocycles. The number of carbonyl (C=O) groups excluding carboxylic acids is 2. The molecule has 0 aliphatic heterocycles. The zero-order chi connectivity index (χ0) is 20.2. The van der Waals surface area contributed by atoms with Gasteiger partial charge in [-0.1, -0.05) is 25.5 Å². The molecule has 0 fully saturated rings. The maximum atomic E-state index is 12.6. The topological polar surface area (TPSA) is 76.7 Å². The van der Waals surface area contributed by atoms with E-state index in [1.807, 2.05) is 6.07 Å². The van der Waals surface area contributed by atoms with Crippen molar-refractivity contribution < 1.29 is 19.1 Å². The maximum absolute atomic E-state index is 12.6. The first kappa shape index (κ1) is 21.4. The van der Waals surface area contributed by atoms with Crippen LogP contribution in [0.15, 0.2) is 48.5 Å². The van der Waals surface area contributed by atoms with E-state index >= 15 is 0 Å². The first-order valence-corrected chi connectivity index (χ1v) is 9.56. The Bertz CT molecular complexity index is 759. The van der Waals surface area contributed by atoms with Gasteiger partial charge in [-0.3, -0.25) is 9.59 Å². The monoisotopic (exact) mass is 384 g/mol. The Hall–Kier alpha value is -2.86. The van der Waals surface area contributed by atoms with Gasteiger partial charge in [-0.05, 0) is 49.2 Å². The molecule has 0 radical (unpaired) electrons. The molecule has 0 aliphatic rings. The highest BCUT2D eigenvalue weighted by Gasteiger charge is 2.13. The van der Waals surface area contributed by atoms with Gasteiger partial charge in [-0.15, -0.1) is 0 Å². The number of rotatable bonds is 11. The molecular weight excluding hydrogens is 356 g/mol. The second kappa shape index (κ2) is 11.8. The fourth-order valence-electron chi connectivity index (χ4n) is 2.53. The first-order valence-electron chi connectivity index (χ1n) is 9.56. The van der Waals surface area contributed by atoms with Gasteiger partial charge in [0.1, 0.15) is 5.75 Å². The molecular formula is C22H28N2O4. The van der Waals surface area contributed by atoms with E-state index in [1.165, 1.54) is 0 Å². The van der Waals surface area contributed by atoms with Crippen LogP contribution in [-0.4, -0.2) is 38.7 Å². The molecule has 0 heterocycles. The van der Waals surface area contributed by atoms with Crippen LogP contribution < -0.4 is 15.4 Å². The Morgan fingerprint density at radius 2 is 1.68 bits per heavy atom. The second-order valence-electron chi connectivity index (χ2n) is 6.33. The summed E-state index contributed by atoms with van der Waals surface area (Å²) in [5.41, 5.74) is 1.64. The van der Waals surface area contributed by atoms with Crippen molar-refractivity contribution in [3.05, 3.63) is 59.7 Å². The van der Waals surface area contributed by atoms with E-state index in [-0.39, 0.29) is 11.8 Å². The average Bonchev–Trinajstić information content (AvgIpc) is 2.72. The minimum atomic E-state index is -0.246. The third-order valence-electron chi connectivity index (χ3n) is 4.10. The number of methoxy groups -OCH3 is 1. The Morgan fingerprint density at radius 1 is 0.929 bits per heavy atom. The molecule has 0 atom stereocenters. The Balaban J connectivity index is 1.95. The van der Waals surface area contributed by atoms with Gasteiger partial charge in [-0.2, -0.15) is 0 Å². The number of benzene rings is 2. The minimum absolute atomic E-state index is 0.149. The molecule has 2 N–H and O–H groups in total. The zero-order valence-electron chi connectivity index (χ0n) is 16.5. The highest BCUT2D eigenvalue weighted by Crippen LogP contribution is 2.20. The predicted octanol–water partition coefficient (Wildman–Crippen LogP) is 3.88. The van der Waals surface area contributed by atoms with Gasteiger partial charge in [0, 0.05) is 31.5 Å². The molecule has 0 aliphatic carbocycles. The van der Waals surface area contributed by atoms with Crippen molar-refractivity contribution in [3.63, 3.8) is 0 Å². The van der Waals surface area contributed by atoms with Crippen LogP contribution in [0, 0.1) is 0 Å². The number of hydrogen-bond donors (Lipinski definition) is 2. The first-order chi connectivity index (χ1) is 13.7. The SMILES string of the molecule is CCCCOc1ccccc1C(=O)Nc1ccc(C(=O)NCCCOC)cc1. The lowest BCUT2D eigenvalue weighted by molar-refractivity contribution is 0.0948. The second-order valence-corrected chi connectivity index (χ2v) is 6.33. The molecule has 28 heavy (non-hydrogen) atoms. The van der Waals surface area contributed by atoms with Crippen LogP contribution in [0.1, 0.15) is 46.9 Å². The number of hydrogen-bond acceptors (Lipinski definition) is 4. The number of nitrogens with one attached hydrogen (secondary N) is 2. The van der Waals surface area contributed by atoms with E-state index in [1.54, 1.807) is 49.6 Å². The van der Waals surface area contributed by atoms with Crippen LogP contribution in [0.25, 0.3) is 0 Å². The summed E-state index contributed by atoms with van der Waals surface area (Å²) in [6.45, 7) is 3.83. The van der Waals surface area contributed by atoms with E-state index in [9.17, 15) is 9.59 Å². The van der Waals surface area contributed by atoms with Gasteiger partial charge < -0.3 is 20.1 Å². The summed E-state index contributed by atoms with van der Waals surface area (Å²) in [6, 6.07) is 14.0. The zero-order valence-corrected chi connectivity index (χ0v) is 16.5. The molecule has 2 aromatic rings. The molecule has 2 aromatic carbocycles. The number of carbonyl (C=O) groups is 2. The van der Waals surface area contributed by atoms with Crippen molar-refractivity contribution in [1.82, 2.24) is 5.32 Å². The maximum Gasteiger partial charge on any atom is 0.259 e. The number of unbranched alkanes of at least 4 members (excludes halogenated alkanes) is 1. The third kappa shape index (κ3) is 6.70. The standard InChI is InChI=1S/C22H28N2O4/c1-3-4-16-28-20-9-6-5-8-19(20)22(26)24-18-12-10-17(11-13-18)21(25)23-14-7-15-27-2/h5-6,8-13H,3-4,7,14-16H2,1-2H3,(H,23,25)(H,24,26). The summed E-state index contributed by atoms with van der Waals surface area (Å²) in [4.78, 5) is 24.7. The summed E-state index contributed by atoms with van der Waals surface area (Å²) in [7, 11) is 1.63. The lowest BCUT2D eigenvalue weighted by Crippen LogP contribution is -2.25. The molecule has 6 heteroatoms. The third-order valence-corrected chi connectivity index (χ3v) is 4.10. The predicted molar refractivity (Wildman–Crippen MR) is 110 cm³/mol. The van der Waals surface area contributed by atoms with Crippen molar-refractivity contribution in [2.24, 2.45) is 0 Å². The molecule has 0 spiro atoms. The quantitative estimate of drug-likeness (QED) is 0.577. The fraction of sp³-hybridized carbons (Fsp3) is 0.364. The van der Waals surface area contributed by atoms with Crippen LogP contribution in [0.5, 0.6) is 5.75 Å². The van der Waals surface area contributed by atoms with Crippen LogP contribution in [0.3, 0.4) is 0 Å². The molecule has 0 saturated heterocycles. The average molecular weight is 384 g/mol. The summed E-state index contributed by atoms with van der Waals surface area (Å²) >= 11 is 0. The van der Waals surface area contributed by atoms with Gasteiger partial charge in [0.05, 0.1) is 12.2 Å². The van der Waals surface area contributed by atoms with Crippen molar-refractivity contribution in [1.29, 1.82) is 0 Å². The summed E-state index contributed by atoms with van der Waals surface area (Å²) < 4.78 is 10.7. The lowest BCUT2D eigenvalue weighted by Gasteiger charge is -2.12. The Kier molecular flexibility index (Phi) is 9.01. The largest absolute Gasteiger partial charge is 0.493 e. The van der Waals surface area contributed by atoms with Crippen molar-refractivity contribution in [2.45, 2.75) is 26.2 Å². The van der Waals surface area contributed by atoms with E-state index in [0.717, 1.165) is 19.3 Å². The molecule has 2 rings (SSSR count). The molecule has 6 nitrogen and oxygen atoms in total. The van der Waals surface area contributed by atoms with Crippen LogP contribution in [0.4, 0.5) is 5.69 Å². The fourth-order valence-corrected chi connectivity index (χ4v) is 2.53. The van der Waals surface area contributed by atoms with E-state index in [0.29, 0.717) is 42.3 Å². The van der Waals surface area contributed by atoms with Crippen molar-refractivity contribution in [2.75, 3.05) is 32.2 Å². The summed E-state index contributed by atoms with van der Waals surface area (Å²) in [6.07, 6.45) is 2.72. The number of anilines is 1. The van der Waals surface area contributed by atoms with Gasteiger partial charge in [0.25, 0.3) is 11.8 Å². The smallest absolute Gasteiger partial charge is 0.259 e. The van der Waals surface area contributed by atoms with Gasteiger partial charge in [0.15, 0.2) is 0 Å².